The van der Waals surface area contributed by atoms with E-state index < -0.39 is 17.3 Å². The van der Waals surface area contributed by atoms with Crippen molar-refractivity contribution in [1.82, 2.24) is 0 Å². The van der Waals surface area contributed by atoms with E-state index in [4.69, 9.17) is 23.2 Å². The number of ether oxygens (including phenoxy) is 1. The van der Waals surface area contributed by atoms with Crippen LogP contribution in [0.2, 0.25) is 0 Å². The zero-order valence-electron chi connectivity index (χ0n) is 6.84. The first-order valence-corrected chi connectivity index (χ1v) is 4.35. The van der Waals surface area contributed by atoms with Crippen molar-refractivity contribution < 1.29 is 14.3 Å². The fourth-order valence-corrected chi connectivity index (χ4v) is 0.977. The van der Waals surface area contributed by atoms with Crippen LogP contribution in [0.3, 0.4) is 0 Å². The third-order valence-electron chi connectivity index (χ3n) is 1.20. The Morgan fingerprint density at radius 3 is 2.17 bits per heavy atom. The number of rotatable bonds is 4. The summed E-state index contributed by atoms with van der Waals surface area (Å²) in [5.74, 6) is -1.04. The summed E-state index contributed by atoms with van der Waals surface area (Å²) in [5.41, 5.74) is 0. The van der Waals surface area contributed by atoms with Gasteiger partial charge in [-0.1, -0.05) is 13.8 Å². The van der Waals surface area contributed by atoms with Gasteiger partial charge in [0.1, 0.15) is 5.88 Å². The third kappa shape index (κ3) is 3.93. The summed E-state index contributed by atoms with van der Waals surface area (Å²) in [7, 11) is 0. The molecule has 12 heavy (non-hydrogen) atoms. The molecule has 1 unspecified atom stereocenters. The molecule has 0 rings (SSSR count). The van der Waals surface area contributed by atoms with E-state index in [0.717, 1.165) is 0 Å². The van der Waals surface area contributed by atoms with Crippen LogP contribution in [-0.4, -0.2) is 23.2 Å². The molecule has 0 aromatic rings. The van der Waals surface area contributed by atoms with Crippen molar-refractivity contribution in [3.8, 4) is 0 Å². The summed E-state index contributed by atoms with van der Waals surface area (Å²) in [6, 6.07) is 0. The van der Waals surface area contributed by atoms with E-state index in [9.17, 15) is 9.59 Å². The molecule has 0 heterocycles. The Morgan fingerprint density at radius 2 is 1.92 bits per heavy atom. The molecule has 0 aromatic carbocycles. The molecule has 0 saturated heterocycles. The van der Waals surface area contributed by atoms with Crippen LogP contribution in [0.4, 0.5) is 0 Å². The molecule has 0 aliphatic heterocycles. The lowest BCUT2D eigenvalue weighted by molar-refractivity contribution is -0.152. The van der Waals surface area contributed by atoms with Gasteiger partial charge < -0.3 is 4.74 Å². The number of hydrogen-bond donors (Lipinski definition) is 0. The smallest absolute Gasteiger partial charge is 0.321 e. The number of alkyl halides is 1. The zero-order valence-corrected chi connectivity index (χ0v) is 8.35. The van der Waals surface area contributed by atoms with Crippen molar-refractivity contribution in [2.24, 2.45) is 5.92 Å². The summed E-state index contributed by atoms with van der Waals surface area (Å²) in [6.07, 6.45) is -0.891. The second-order valence-corrected chi connectivity index (χ2v) is 3.23. The van der Waals surface area contributed by atoms with Crippen LogP contribution < -0.4 is 0 Å². The van der Waals surface area contributed by atoms with E-state index in [1.807, 2.05) is 0 Å². The van der Waals surface area contributed by atoms with Gasteiger partial charge in [0, 0.05) is 0 Å². The first kappa shape index (κ1) is 11.7. The molecular weight excluding hydrogens is 203 g/mol. The van der Waals surface area contributed by atoms with Gasteiger partial charge in [0.25, 0.3) is 5.24 Å². The Labute approximate surface area is 81.0 Å². The van der Waals surface area contributed by atoms with Crippen LogP contribution in [0.15, 0.2) is 0 Å². The SMILES string of the molecule is CC(C)C(OC(=O)CCl)C(=O)Cl. The molecular formula is C7H10Cl2O3. The van der Waals surface area contributed by atoms with Gasteiger partial charge >= 0.3 is 5.97 Å². The maximum Gasteiger partial charge on any atom is 0.321 e. The van der Waals surface area contributed by atoms with Gasteiger partial charge in [-0.05, 0) is 17.5 Å². The third-order valence-corrected chi connectivity index (χ3v) is 1.63. The molecule has 0 aliphatic carbocycles. The zero-order chi connectivity index (χ0) is 9.72. The largest absolute Gasteiger partial charge is 0.452 e. The second kappa shape index (κ2) is 5.38. The van der Waals surface area contributed by atoms with Gasteiger partial charge in [-0.2, -0.15) is 0 Å². The van der Waals surface area contributed by atoms with E-state index in [1.54, 1.807) is 13.8 Å². The minimum Gasteiger partial charge on any atom is -0.452 e. The molecule has 0 bridgehead atoms. The van der Waals surface area contributed by atoms with Crippen molar-refractivity contribution in [2.75, 3.05) is 5.88 Å². The minimum absolute atomic E-state index is 0.137. The Bertz CT molecular complexity index is 179. The molecule has 70 valence electrons. The van der Waals surface area contributed by atoms with Crippen molar-refractivity contribution >= 4 is 34.4 Å². The Hall–Kier alpha value is -0.280. The molecule has 1 atom stereocenters. The lowest BCUT2D eigenvalue weighted by atomic mass is 10.1. The van der Waals surface area contributed by atoms with Gasteiger partial charge in [-0.3, -0.25) is 9.59 Å². The topological polar surface area (TPSA) is 43.4 Å². The molecule has 0 fully saturated rings. The first-order chi connectivity index (χ1) is 5.49. The van der Waals surface area contributed by atoms with E-state index in [2.05, 4.69) is 4.74 Å². The normalized spacial score (nSPS) is 12.8. The molecule has 5 heteroatoms. The van der Waals surface area contributed by atoms with Crippen LogP contribution >= 0.6 is 23.2 Å². The second-order valence-electron chi connectivity index (χ2n) is 2.59. The lowest BCUT2D eigenvalue weighted by Crippen LogP contribution is -2.29. The van der Waals surface area contributed by atoms with E-state index >= 15 is 0 Å². The van der Waals surface area contributed by atoms with Gasteiger partial charge in [-0.25, -0.2) is 0 Å². The molecule has 0 saturated carbocycles. The quantitative estimate of drug-likeness (QED) is 0.404. The number of carbonyl (C=O) groups is 2. The number of esters is 1. The molecule has 0 aromatic heterocycles. The highest BCUT2D eigenvalue weighted by atomic mass is 35.5. The summed E-state index contributed by atoms with van der Waals surface area (Å²) < 4.78 is 4.67. The van der Waals surface area contributed by atoms with Crippen molar-refractivity contribution in [2.45, 2.75) is 20.0 Å². The van der Waals surface area contributed by atoms with Crippen molar-refractivity contribution in [3.05, 3.63) is 0 Å². The Balaban J connectivity index is 4.14. The summed E-state index contributed by atoms with van der Waals surface area (Å²) in [5, 5.41) is -0.677. The average Bonchev–Trinajstić information content (AvgIpc) is 1.98. The van der Waals surface area contributed by atoms with E-state index in [-0.39, 0.29) is 11.8 Å². The number of carbonyl (C=O) groups excluding carboxylic acids is 2. The fourth-order valence-electron chi connectivity index (χ4n) is 0.618. The minimum atomic E-state index is -0.891. The predicted molar refractivity (Wildman–Crippen MR) is 46.3 cm³/mol. The van der Waals surface area contributed by atoms with Gasteiger partial charge in [0.15, 0.2) is 6.10 Å². The molecule has 0 amide bonds. The average molecular weight is 213 g/mol. The summed E-state index contributed by atoms with van der Waals surface area (Å²) >= 11 is 10.4. The van der Waals surface area contributed by atoms with Crippen LogP contribution in [0.1, 0.15) is 13.8 Å². The predicted octanol–water partition coefficient (Wildman–Crippen LogP) is 1.56. The van der Waals surface area contributed by atoms with Gasteiger partial charge in [0.2, 0.25) is 0 Å². The van der Waals surface area contributed by atoms with Crippen LogP contribution in [0.25, 0.3) is 0 Å². The summed E-state index contributed by atoms with van der Waals surface area (Å²) in [4.78, 5) is 21.3. The van der Waals surface area contributed by atoms with E-state index in [1.165, 1.54) is 0 Å². The molecule has 0 radical (unpaired) electrons. The molecule has 3 nitrogen and oxygen atoms in total. The lowest BCUT2D eigenvalue weighted by Gasteiger charge is -2.16. The maximum absolute atomic E-state index is 10.7. The van der Waals surface area contributed by atoms with Crippen LogP contribution in [-0.2, 0) is 14.3 Å². The standard InChI is InChI=1S/C7H10Cl2O3/c1-4(2)6(7(9)11)12-5(10)3-8/h4,6H,3H2,1-2H3. The molecule has 0 aliphatic rings. The van der Waals surface area contributed by atoms with Crippen molar-refractivity contribution in [3.63, 3.8) is 0 Å². The fraction of sp³-hybridized carbons (Fsp3) is 0.714. The van der Waals surface area contributed by atoms with Crippen molar-refractivity contribution in [1.29, 1.82) is 0 Å². The van der Waals surface area contributed by atoms with E-state index in [0.29, 0.717) is 0 Å². The Kier molecular flexibility index (Phi) is 5.25. The molecule has 0 spiro atoms. The Morgan fingerprint density at radius 1 is 1.42 bits per heavy atom. The van der Waals surface area contributed by atoms with Crippen LogP contribution in [0, 0.1) is 5.92 Å². The van der Waals surface area contributed by atoms with Gasteiger partial charge in [-0.15, -0.1) is 11.6 Å². The highest BCUT2D eigenvalue weighted by Crippen LogP contribution is 2.10. The highest BCUT2D eigenvalue weighted by molar-refractivity contribution is 6.64. The molecule has 0 N–H and O–H groups in total. The number of halogens is 2. The maximum atomic E-state index is 10.7. The monoisotopic (exact) mass is 212 g/mol. The first-order valence-electron chi connectivity index (χ1n) is 3.43. The summed E-state index contributed by atoms with van der Waals surface area (Å²) in [6.45, 7) is 3.46. The number of hydrogen-bond acceptors (Lipinski definition) is 3. The van der Waals surface area contributed by atoms with Gasteiger partial charge in [0.05, 0.1) is 0 Å². The highest BCUT2D eigenvalue weighted by Gasteiger charge is 2.24. The van der Waals surface area contributed by atoms with Crippen LogP contribution in [0.5, 0.6) is 0 Å².